The minimum absolute atomic E-state index is 0.120. The number of pyridine rings is 1. The number of hydrogen-bond acceptors (Lipinski definition) is 5. The van der Waals surface area contributed by atoms with Crippen LogP contribution in [0.15, 0.2) is 23.4 Å². The van der Waals surface area contributed by atoms with Gasteiger partial charge < -0.3 is 10.2 Å². The van der Waals surface area contributed by atoms with Gasteiger partial charge in [-0.15, -0.1) is 0 Å². The number of rotatable bonds is 4. The lowest BCUT2D eigenvalue weighted by Crippen LogP contribution is -2.37. The lowest BCUT2D eigenvalue weighted by Gasteiger charge is -2.33. The summed E-state index contributed by atoms with van der Waals surface area (Å²) in [4.78, 5) is 6.35. The van der Waals surface area contributed by atoms with Crippen LogP contribution in [0, 0.1) is 5.92 Å². The van der Waals surface area contributed by atoms with Gasteiger partial charge in [-0.25, -0.2) is 13.4 Å². The maximum atomic E-state index is 11.4. The normalized spacial score (nSPS) is 19.8. The predicted octanol–water partition coefficient (Wildman–Crippen LogP) is 1.63. The van der Waals surface area contributed by atoms with Gasteiger partial charge in [-0.2, -0.15) is 0 Å². The van der Waals surface area contributed by atoms with E-state index < -0.39 is 9.84 Å². The fraction of sp³-hybridized carbons (Fsp3) is 0.643. The maximum Gasteiger partial charge on any atom is 0.192 e. The van der Waals surface area contributed by atoms with E-state index in [4.69, 9.17) is 0 Å². The summed E-state index contributed by atoms with van der Waals surface area (Å²) in [7, 11) is -1.06. The summed E-state index contributed by atoms with van der Waals surface area (Å²) in [6, 6.07) is 3.71. The molecule has 0 bridgehead atoms. The van der Waals surface area contributed by atoms with Crippen LogP contribution in [0.2, 0.25) is 0 Å². The van der Waals surface area contributed by atoms with Crippen LogP contribution in [-0.4, -0.2) is 50.7 Å². The number of anilines is 1. The van der Waals surface area contributed by atoms with Gasteiger partial charge in [0.2, 0.25) is 0 Å². The van der Waals surface area contributed by atoms with Crippen LogP contribution in [0.3, 0.4) is 0 Å². The van der Waals surface area contributed by atoms with E-state index in [0.717, 1.165) is 18.8 Å². The Balaban J connectivity index is 1.96. The standard InChI is InChI=1S/C14H23N3O2S/c1-11(12-6-8-17(2)9-7-12)16-13-4-5-14(15-10-13)20(3,18)19/h4-5,10-12,16H,6-9H2,1-3H3. The second-order valence-corrected chi connectivity index (χ2v) is 7.69. The highest BCUT2D eigenvalue weighted by Gasteiger charge is 2.22. The average molecular weight is 297 g/mol. The number of sulfone groups is 1. The van der Waals surface area contributed by atoms with Crippen LogP contribution in [0.25, 0.3) is 0 Å². The van der Waals surface area contributed by atoms with E-state index >= 15 is 0 Å². The first-order valence-corrected chi connectivity index (χ1v) is 8.86. The van der Waals surface area contributed by atoms with E-state index in [-0.39, 0.29) is 5.03 Å². The minimum atomic E-state index is -3.22. The second-order valence-electron chi connectivity index (χ2n) is 5.73. The SMILES string of the molecule is CC(Nc1ccc(S(C)(=O)=O)nc1)C1CCN(C)CC1. The van der Waals surface area contributed by atoms with Crippen LogP contribution in [0.4, 0.5) is 5.69 Å². The summed E-state index contributed by atoms with van der Waals surface area (Å²) in [5.41, 5.74) is 0.879. The zero-order valence-corrected chi connectivity index (χ0v) is 13.2. The molecular weight excluding hydrogens is 274 g/mol. The van der Waals surface area contributed by atoms with Crippen molar-refractivity contribution in [3.05, 3.63) is 18.3 Å². The third-order valence-corrected chi connectivity index (χ3v) is 4.98. The highest BCUT2D eigenvalue weighted by molar-refractivity contribution is 7.90. The molecule has 5 nitrogen and oxygen atoms in total. The lowest BCUT2D eigenvalue weighted by atomic mass is 9.90. The molecule has 1 N–H and O–H groups in total. The molecule has 1 aromatic rings. The van der Waals surface area contributed by atoms with Gasteiger partial charge in [0, 0.05) is 12.3 Å². The molecule has 1 atom stereocenters. The van der Waals surface area contributed by atoms with Crippen LogP contribution in [-0.2, 0) is 9.84 Å². The summed E-state index contributed by atoms with van der Waals surface area (Å²) in [5, 5.41) is 3.55. The molecule has 0 radical (unpaired) electrons. The fourth-order valence-electron chi connectivity index (χ4n) is 2.59. The predicted molar refractivity (Wildman–Crippen MR) is 80.7 cm³/mol. The third kappa shape index (κ3) is 3.93. The Morgan fingerprint density at radius 1 is 1.35 bits per heavy atom. The van der Waals surface area contributed by atoms with E-state index in [0.29, 0.717) is 12.0 Å². The number of hydrogen-bond donors (Lipinski definition) is 1. The van der Waals surface area contributed by atoms with Crippen molar-refractivity contribution in [3.8, 4) is 0 Å². The van der Waals surface area contributed by atoms with Crippen LogP contribution in [0.5, 0.6) is 0 Å². The summed E-state index contributed by atoms with van der Waals surface area (Å²) in [5.74, 6) is 0.654. The molecule has 1 aromatic heterocycles. The van der Waals surface area contributed by atoms with Gasteiger partial charge in [0.25, 0.3) is 0 Å². The van der Waals surface area contributed by atoms with Crippen molar-refractivity contribution in [2.75, 3.05) is 31.7 Å². The molecule has 1 fully saturated rings. The molecule has 2 heterocycles. The summed E-state index contributed by atoms with van der Waals surface area (Å²) in [6.07, 6.45) is 5.16. The Labute approximate surface area is 121 Å². The fourth-order valence-corrected chi connectivity index (χ4v) is 3.15. The first-order chi connectivity index (χ1) is 9.36. The summed E-state index contributed by atoms with van der Waals surface area (Å²) >= 11 is 0. The molecule has 1 unspecified atom stereocenters. The van der Waals surface area contributed by atoms with Crippen molar-refractivity contribution in [1.82, 2.24) is 9.88 Å². The van der Waals surface area contributed by atoms with Gasteiger partial charge >= 0.3 is 0 Å². The zero-order chi connectivity index (χ0) is 14.8. The van der Waals surface area contributed by atoms with Crippen LogP contribution < -0.4 is 5.32 Å². The van der Waals surface area contributed by atoms with Gasteiger partial charge in [0.05, 0.1) is 11.9 Å². The Kier molecular flexibility index (Phi) is 4.65. The first-order valence-electron chi connectivity index (χ1n) is 6.97. The number of likely N-dealkylation sites (tertiary alicyclic amines) is 1. The molecule has 0 amide bonds. The van der Waals surface area contributed by atoms with Gasteiger partial charge in [-0.1, -0.05) is 0 Å². The molecule has 0 saturated carbocycles. The van der Waals surface area contributed by atoms with Crippen molar-refractivity contribution in [2.24, 2.45) is 5.92 Å². The Morgan fingerprint density at radius 2 is 2.00 bits per heavy atom. The van der Waals surface area contributed by atoms with Crippen molar-refractivity contribution >= 4 is 15.5 Å². The molecule has 2 rings (SSSR count). The molecule has 112 valence electrons. The van der Waals surface area contributed by atoms with E-state index in [2.05, 4.69) is 29.2 Å². The molecule has 1 aliphatic heterocycles. The maximum absolute atomic E-state index is 11.4. The Morgan fingerprint density at radius 3 is 2.50 bits per heavy atom. The largest absolute Gasteiger partial charge is 0.381 e. The number of nitrogens with zero attached hydrogens (tertiary/aromatic N) is 2. The first kappa shape index (κ1) is 15.3. The lowest BCUT2D eigenvalue weighted by molar-refractivity contribution is 0.208. The van der Waals surface area contributed by atoms with Gasteiger partial charge in [0.1, 0.15) is 0 Å². The number of nitrogens with one attached hydrogen (secondary N) is 1. The molecule has 0 aliphatic carbocycles. The molecule has 6 heteroatoms. The summed E-state index contributed by atoms with van der Waals surface area (Å²) < 4.78 is 22.7. The minimum Gasteiger partial charge on any atom is -0.381 e. The van der Waals surface area contributed by atoms with Gasteiger partial charge in [-0.3, -0.25) is 0 Å². The molecule has 1 saturated heterocycles. The van der Waals surface area contributed by atoms with Gasteiger partial charge in [-0.05, 0) is 58.0 Å². The molecular formula is C14H23N3O2S. The summed E-state index contributed by atoms with van der Waals surface area (Å²) in [6.45, 7) is 4.46. The smallest absolute Gasteiger partial charge is 0.192 e. The van der Waals surface area contributed by atoms with Gasteiger partial charge in [0.15, 0.2) is 14.9 Å². The molecule has 0 aromatic carbocycles. The number of piperidine rings is 1. The third-order valence-electron chi connectivity index (χ3n) is 3.98. The topological polar surface area (TPSA) is 62.3 Å². The highest BCUT2D eigenvalue weighted by atomic mass is 32.2. The molecule has 1 aliphatic rings. The van der Waals surface area contributed by atoms with Crippen molar-refractivity contribution in [1.29, 1.82) is 0 Å². The van der Waals surface area contributed by atoms with Crippen LogP contribution >= 0.6 is 0 Å². The van der Waals surface area contributed by atoms with Crippen LogP contribution in [0.1, 0.15) is 19.8 Å². The van der Waals surface area contributed by atoms with E-state index in [1.54, 1.807) is 18.3 Å². The van der Waals surface area contributed by atoms with Crippen molar-refractivity contribution in [2.45, 2.75) is 30.8 Å². The highest BCUT2D eigenvalue weighted by Crippen LogP contribution is 2.22. The molecule has 20 heavy (non-hydrogen) atoms. The monoisotopic (exact) mass is 297 g/mol. The van der Waals surface area contributed by atoms with E-state index in [1.807, 2.05) is 0 Å². The zero-order valence-electron chi connectivity index (χ0n) is 12.3. The average Bonchev–Trinajstić information content (AvgIpc) is 2.39. The van der Waals surface area contributed by atoms with Crippen molar-refractivity contribution < 1.29 is 8.42 Å². The molecule has 0 spiro atoms. The van der Waals surface area contributed by atoms with Crippen molar-refractivity contribution in [3.63, 3.8) is 0 Å². The second kappa shape index (κ2) is 6.10. The Bertz CT molecular complexity index is 534. The quantitative estimate of drug-likeness (QED) is 0.915. The number of aromatic nitrogens is 1. The Hall–Kier alpha value is -1.14. The van der Waals surface area contributed by atoms with E-state index in [1.165, 1.54) is 19.1 Å². The van der Waals surface area contributed by atoms with E-state index in [9.17, 15) is 8.42 Å².